The van der Waals surface area contributed by atoms with Gasteiger partial charge in [-0.1, -0.05) is 12.1 Å². The van der Waals surface area contributed by atoms with Crippen molar-refractivity contribution in [2.75, 3.05) is 29.4 Å². The molecule has 0 saturated heterocycles. The number of carbonyl (C=O) groups is 2. The first-order valence-corrected chi connectivity index (χ1v) is 8.10. The maximum Gasteiger partial charge on any atom is 0.323 e. The van der Waals surface area contributed by atoms with Crippen LogP contribution in [0, 0.1) is 0 Å². The molecule has 0 atom stereocenters. The lowest BCUT2D eigenvalue weighted by Crippen LogP contribution is -2.45. The Morgan fingerprint density at radius 1 is 1.08 bits per heavy atom. The van der Waals surface area contributed by atoms with Gasteiger partial charge in [-0.25, -0.2) is 0 Å². The molecule has 1 aromatic carbocycles. The Hall–Kier alpha value is -3.09. The highest BCUT2D eigenvalue weighted by molar-refractivity contribution is 6.08. The fourth-order valence-electron chi connectivity index (χ4n) is 3.08. The van der Waals surface area contributed by atoms with Crippen LogP contribution in [0.4, 0.5) is 11.4 Å². The standard InChI is InChI=1S/C18H19N3O4/c1-2-19-10-11-21(15-8-4-3-7-14(15)19)18(25)13-6-5-9-20(17(13)24)12-16(22)23/h3-9H,2,10-12H2,1H3,(H,22,23). The monoisotopic (exact) mass is 341 g/mol. The molecule has 1 N–H and O–H groups in total. The van der Waals surface area contributed by atoms with E-state index in [1.54, 1.807) is 4.90 Å². The zero-order chi connectivity index (χ0) is 18.0. The minimum absolute atomic E-state index is 0.0245. The fraction of sp³-hybridized carbons (Fsp3) is 0.278. The summed E-state index contributed by atoms with van der Waals surface area (Å²) in [5, 5.41) is 8.90. The van der Waals surface area contributed by atoms with Gasteiger partial charge in [-0.15, -0.1) is 0 Å². The Bertz CT molecular complexity index is 875. The summed E-state index contributed by atoms with van der Waals surface area (Å²) in [7, 11) is 0. The Morgan fingerprint density at radius 2 is 1.80 bits per heavy atom. The van der Waals surface area contributed by atoms with Gasteiger partial charge in [0.15, 0.2) is 0 Å². The molecule has 7 nitrogen and oxygen atoms in total. The Morgan fingerprint density at radius 3 is 2.48 bits per heavy atom. The molecule has 130 valence electrons. The number of hydrogen-bond donors (Lipinski definition) is 1. The minimum Gasteiger partial charge on any atom is -0.480 e. The SMILES string of the molecule is CCN1CCN(C(=O)c2cccn(CC(=O)O)c2=O)c2ccccc21. The molecule has 0 fully saturated rings. The Balaban J connectivity index is 2.00. The maximum absolute atomic E-state index is 13.0. The van der Waals surface area contributed by atoms with Gasteiger partial charge in [0.25, 0.3) is 11.5 Å². The van der Waals surface area contributed by atoms with E-state index in [1.807, 2.05) is 24.3 Å². The quantitative estimate of drug-likeness (QED) is 0.909. The van der Waals surface area contributed by atoms with Gasteiger partial charge in [0.2, 0.25) is 0 Å². The van der Waals surface area contributed by atoms with Crippen LogP contribution in [0.5, 0.6) is 0 Å². The lowest BCUT2D eigenvalue weighted by Gasteiger charge is -2.37. The lowest BCUT2D eigenvalue weighted by atomic mass is 10.1. The van der Waals surface area contributed by atoms with Crippen LogP contribution in [0.2, 0.25) is 0 Å². The van der Waals surface area contributed by atoms with Gasteiger partial charge in [-0.3, -0.25) is 14.4 Å². The van der Waals surface area contributed by atoms with Crippen molar-refractivity contribution < 1.29 is 14.7 Å². The number of para-hydroxylation sites is 2. The first kappa shape index (κ1) is 16.8. The van der Waals surface area contributed by atoms with Crippen LogP contribution < -0.4 is 15.4 Å². The lowest BCUT2D eigenvalue weighted by molar-refractivity contribution is -0.137. The summed E-state index contributed by atoms with van der Waals surface area (Å²) in [5.74, 6) is -1.54. The van der Waals surface area contributed by atoms with Gasteiger partial charge in [0.1, 0.15) is 12.1 Å². The highest BCUT2D eigenvalue weighted by atomic mass is 16.4. The largest absolute Gasteiger partial charge is 0.480 e. The van der Waals surface area contributed by atoms with Gasteiger partial charge in [-0.05, 0) is 31.2 Å². The highest BCUT2D eigenvalue weighted by Gasteiger charge is 2.28. The van der Waals surface area contributed by atoms with E-state index in [4.69, 9.17) is 5.11 Å². The first-order valence-electron chi connectivity index (χ1n) is 8.10. The van der Waals surface area contributed by atoms with E-state index in [1.165, 1.54) is 18.3 Å². The average molecular weight is 341 g/mol. The van der Waals surface area contributed by atoms with Gasteiger partial charge in [-0.2, -0.15) is 0 Å². The molecule has 1 aliphatic heterocycles. The van der Waals surface area contributed by atoms with Gasteiger partial charge < -0.3 is 19.5 Å². The number of fused-ring (bicyclic) bond motifs is 1. The number of anilines is 2. The van der Waals surface area contributed by atoms with Crippen molar-refractivity contribution in [3.63, 3.8) is 0 Å². The van der Waals surface area contributed by atoms with Crippen molar-refractivity contribution in [2.45, 2.75) is 13.5 Å². The molecule has 0 unspecified atom stereocenters. The average Bonchev–Trinajstić information content (AvgIpc) is 2.61. The number of nitrogens with zero attached hydrogens (tertiary/aromatic N) is 3. The van der Waals surface area contributed by atoms with Crippen molar-refractivity contribution in [2.24, 2.45) is 0 Å². The molecule has 0 aliphatic carbocycles. The summed E-state index contributed by atoms with van der Waals surface area (Å²) < 4.78 is 1.03. The van der Waals surface area contributed by atoms with Crippen LogP contribution in [0.1, 0.15) is 17.3 Å². The summed E-state index contributed by atoms with van der Waals surface area (Å²) in [6.45, 7) is 3.55. The van der Waals surface area contributed by atoms with Crippen molar-refractivity contribution in [3.8, 4) is 0 Å². The zero-order valence-corrected chi connectivity index (χ0v) is 13.9. The summed E-state index contributed by atoms with van der Waals surface area (Å²) in [5.41, 5.74) is 1.09. The second kappa shape index (κ2) is 6.80. The van der Waals surface area contributed by atoms with Crippen LogP contribution in [0.15, 0.2) is 47.4 Å². The first-order chi connectivity index (χ1) is 12.0. The van der Waals surface area contributed by atoms with Crippen molar-refractivity contribution >= 4 is 23.3 Å². The van der Waals surface area contributed by atoms with Crippen LogP contribution in [0.25, 0.3) is 0 Å². The van der Waals surface area contributed by atoms with E-state index in [-0.39, 0.29) is 5.56 Å². The number of pyridine rings is 1. The van der Waals surface area contributed by atoms with E-state index in [9.17, 15) is 14.4 Å². The highest BCUT2D eigenvalue weighted by Crippen LogP contribution is 2.33. The molecule has 2 aromatic rings. The Labute approximate surface area is 144 Å². The smallest absolute Gasteiger partial charge is 0.323 e. The summed E-state index contributed by atoms with van der Waals surface area (Å²) >= 11 is 0. The minimum atomic E-state index is -1.13. The number of benzene rings is 1. The number of hydrogen-bond acceptors (Lipinski definition) is 4. The van der Waals surface area contributed by atoms with Crippen LogP contribution in [-0.4, -0.2) is 41.2 Å². The molecule has 1 aromatic heterocycles. The third-order valence-electron chi connectivity index (χ3n) is 4.29. The van der Waals surface area contributed by atoms with E-state index in [2.05, 4.69) is 11.8 Å². The molecular weight excluding hydrogens is 322 g/mol. The second-order valence-electron chi connectivity index (χ2n) is 5.77. The number of carbonyl (C=O) groups excluding carboxylic acids is 1. The molecule has 1 aliphatic rings. The second-order valence-corrected chi connectivity index (χ2v) is 5.77. The van der Waals surface area contributed by atoms with Crippen molar-refractivity contribution in [1.82, 2.24) is 4.57 Å². The molecule has 0 bridgehead atoms. The predicted molar refractivity (Wildman–Crippen MR) is 94.3 cm³/mol. The zero-order valence-electron chi connectivity index (χ0n) is 13.9. The third-order valence-corrected chi connectivity index (χ3v) is 4.29. The summed E-state index contributed by atoms with van der Waals surface area (Å²) in [6, 6.07) is 10.5. The van der Waals surface area contributed by atoms with Gasteiger partial charge in [0.05, 0.1) is 11.4 Å². The van der Waals surface area contributed by atoms with Crippen molar-refractivity contribution in [1.29, 1.82) is 0 Å². The molecular formula is C18H19N3O4. The summed E-state index contributed by atoms with van der Waals surface area (Å²) in [6.07, 6.45) is 1.37. The maximum atomic E-state index is 13.0. The van der Waals surface area contributed by atoms with Gasteiger partial charge >= 0.3 is 5.97 Å². The van der Waals surface area contributed by atoms with E-state index in [0.29, 0.717) is 13.1 Å². The van der Waals surface area contributed by atoms with Gasteiger partial charge in [0, 0.05) is 25.8 Å². The summed E-state index contributed by atoms with van der Waals surface area (Å²) in [4.78, 5) is 40.1. The van der Waals surface area contributed by atoms with Crippen LogP contribution in [0.3, 0.4) is 0 Å². The van der Waals surface area contributed by atoms with Crippen LogP contribution >= 0.6 is 0 Å². The topological polar surface area (TPSA) is 82.8 Å². The number of carboxylic acids is 1. The number of carboxylic acid groups (broad SMARTS) is 1. The van der Waals surface area contributed by atoms with E-state index < -0.39 is 24.0 Å². The molecule has 1 amide bonds. The predicted octanol–water partition coefficient (Wildman–Crippen LogP) is 1.42. The normalized spacial score (nSPS) is 13.5. The Kier molecular flexibility index (Phi) is 4.56. The molecule has 25 heavy (non-hydrogen) atoms. The molecule has 2 heterocycles. The molecule has 7 heteroatoms. The van der Waals surface area contributed by atoms with E-state index >= 15 is 0 Å². The van der Waals surface area contributed by atoms with Crippen LogP contribution in [-0.2, 0) is 11.3 Å². The molecule has 0 radical (unpaired) electrons. The number of aliphatic carboxylic acids is 1. The molecule has 0 spiro atoms. The van der Waals surface area contributed by atoms with E-state index in [0.717, 1.165) is 22.5 Å². The number of aromatic nitrogens is 1. The number of amides is 1. The molecule has 0 saturated carbocycles. The molecule has 3 rings (SSSR count). The third kappa shape index (κ3) is 3.13. The fourth-order valence-corrected chi connectivity index (χ4v) is 3.08. The van der Waals surface area contributed by atoms with Crippen molar-refractivity contribution in [3.05, 3.63) is 58.5 Å². The number of rotatable bonds is 4. The number of likely N-dealkylation sites (N-methyl/N-ethyl adjacent to an activating group) is 1.